The normalized spacial score (nSPS) is 9.76. The van der Waals surface area contributed by atoms with Crippen molar-refractivity contribution in [3.05, 3.63) is 29.6 Å². The molecule has 0 fully saturated rings. The number of halogens is 1. The Kier molecular flexibility index (Phi) is 4.84. The Morgan fingerprint density at radius 3 is 2.88 bits per heavy atom. The lowest BCUT2D eigenvalue weighted by Gasteiger charge is -2.11. The Morgan fingerprint density at radius 1 is 1.59 bits per heavy atom. The Morgan fingerprint density at radius 2 is 2.29 bits per heavy atom. The lowest BCUT2D eigenvalue weighted by atomic mass is 10.1. The van der Waals surface area contributed by atoms with Crippen molar-refractivity contribution in [1.29, 1.82) is 0 Å². The molecule has 0 amide bonds. The van der Waals surface area contributed by atoms with Crippen LogP contribution in [0, 0.1) is 5.82 Å². The van der Waals surface area contributed by atoms with Gasteiger partial charge in [0.1, 0.15) is 17.4 Å². The average Bonchev–Trinajstić information content (AvgIpc) is 2.26. The van der Waals surface area contributed by atoms with Gasteiger partial charge in [0.25, 0.3) is 0 Å². The van der Waals surface area contributed by atoms with Crippen molar-refractivity contribution in [2.45, 2.75) is 6.92 Å². The van der Waals surface area contributed by atoms with Crippen LogP contribution in [-0.2, 0) is 9.53 Å². The lowest BCUT2D eigenvalue weighted by Crippen LogP contribution is -2.20. The van der Waals surface area contributed by atoms with Crippen LogP contribution < -0.4 is 11.1 Å². The van der Waals surface area contributed by atoms with Crippen molar-refractivity contribution in [2.24, 2.45) is 5.73 Å². The van der Waals surface area contributed by atoms with Crippen LogP contribution in [0.1, 0.15) is 12.5 Å². The maximum atomic E-state index is 13.4. The lowest BCUT2D eigenvalue weighted by molar-refractivity contribution is -0.140. The van der Waals surface area contributed by atoms with Crippen LogP contribution in [0.4, 0.5) is 10.1 Å². The van der Waals surface area contributed by atoms with E-state index in [1.807, 2.05) is 0 Å². The predicted molar refractivity (Wildman–Crippen MR) is 67.4 cm³/mol. The fraction of sp³-hybridized carbons (Fsp3) is 0.273. The van der Waals surface area contributed by atoms with Crippen LogP contribution in [0.5, 0.6) is 0 Å². The molecule has 0 aliphatic rings. The molecular weight excluding hydrogens is 243 g/mol. The summed E-state index contributed by atoms with van der Waals surface area (Å²) in [6, 6.07) is 4.35. The first-order valence-electron chi connectivity index (χ1n) is 5.04. The third-order valence-corrected chi connectivity index (χ3v) is 2.19. The molecule has 0 aliphatic carbocycles. The van der Waals surface area contributed by atoms with Gasteiger partial charge in [-0.3, -0.25) is 4.79 Å². The molecule has 1 aromatic rings. The molecule has 1 aromatic carbocycles. The molecule has 0 radical (unpaired) electrons. The van der Waals surface area contributed by atoms with Crippen molar-refractivity contribution < 1.29 is 13.9 Å². The summed E-state index contributed by atoms with van der Waals surface area (Å²) in [5.74, 6) is -0.947. The third-order valence-electron chi connectivity index (χ3n) is 1.99. The third kappa shape index (κ3) is 3.67. The monoisotopic (exact) mass is 256 g/mol. The van der Waals surface area contributed by atoms with Gasteiger partial charge in [0.2, 0.25) is 0 Å². The fourth-order valence-corrected chi connectivity index (χ4v) is 1.51. The van der Waals surface area contributed by atoms with Gasteiger partial charge >= 0.3 is 5.97 Å². The minimum absolute atomic E-state index is 0.0607. The van der Waals surface area contributed by atoms with Crippen molar-refractivity contribution in [2.75, 3.05) is 18.5 Å². The van der Waals surface area contributed by atoms with Gasteiger partial charge in [-0.25, -0.2) is 4.39 Å². The number of benzene rings is 1. The molecule has 0 aliphatic heterocycles. The summed E-state index contributed by atoms with van der Waals surface area (Å²) in [6.07, 6.45) is 0. The zero-order valence-corrected chi connectivity index (χ0v) is 10.1. The highest BCUT2D eigenvalue weighted by Gasteiger charge is 2.11. The van der Waals surface area contributed by atoms with E-state index in [0.29, 0.717) is 12.3 Å². The van der Waals surface area contributed by atoms with Gasteiger partial charge in [0, 0.05) is 5.69 Å². The van der Waals surface area contributed by atoms with E-state index >= 15 is 0 Å². The van der Waals surface area contributed by atoms with Crippen LogP contribution in [0.2, 0.25) is 0 Å². The zero-order chi connectivity index (χ0) is 12.8. The standard InChI is InChI=1S/C11H13FN2O2S/c1-2-16-9(15)6-14-8-5-3-4-7(12)10(8)11(13)17/h3-5,14H,2,6H2,1H3,(H2,13,17). The molecule has 0 saturated carbocycles. The Bertz CT molecular complexity index is 437. The summed E-state index contributed by atoms with van der Waals surface area (Å²) >= 11 is 4.75. The molecule has 0 saturated heterocycles. The van der Waals surface area contributed by atoms with Crippen LogP contribution in [0.15, 0.2) is 18.2 Å². The van der Waals surface area contributed by atoms with E-state index in [2.05, 4.69) is 5.32 Å². The average molecular weight is 256 g/mol. The van der Waals surface area contributed by atoms with Crippen molar-refractivity contribution in [3.8, 4) is 0 Å². The highest BCUT2D eigenvalue weighted by molar-refractivity contribution is 7.80. The number of ether oxygens (including phenoxy) is 1. The molecule has 0 atom stereocenters. The van der Waals surface area contributed by atoms with E-state index in [4.69, 9.17) is 22.7 Å². The molecule has 0 bridgehead atoms. The van der Waals surface area contributed by atoms with Crippen LogP contribution in [0.25, 0.3) is 0 Å². The van der Waals surface area contributed by atoms with Gasteiger partial charge < -0.3 is 15.8 Å². The van der Waals surface area contributed by atoms with E-state index < -0.39 is 11.8 Å². The number of nitrogens with two attached hydrogens (primary N) is 1. The minimum atomic E-state index is -0.522. The zero-order valence-electron chi connectivity index (χ0n) is 9.33. The number of hydrogen-bond acceptors (Lipinski definition) is 4. The van der Waals surface area contributed by atoms with E-state index in [-0.39, 0.29) is 17.1 Å². The second kappa shape index (κ2) is 6.15. The van der Waals surface area contributed by atoms with E-state index in [1.54, 1.807) is 13.0 Å². The maximum Gasteiger partial charge on any atom is 0.325 e. The molecule has 92 valence electrons. The summed E-state index contributed by atoms with van der Waals surface area (Å²) in [5.41, 5.74) is 5.90. The molecule has 3 N–H and O–H groups in total. The van der Waals surface area contributed by atoms with Gasteiger partial charge in [0.15, 0.2) is 0 Å². The second-order valence-corrected chi connectivity index (χ2v) is 3.63. The fourth-order valence-electron chi connectivity index (χ4n) is 1.30. The summed E-state index contributed by atoms with van der Waals surface area (Å²) in [4.78, 5) is 11.1. The number of hydrogen-bond donors (Lipinski definition) is 2. The topological polar surface area (TPSA) is 64.3 Å². The summed E-state index contributed by atoms with van der Waals surface area (Å²) in [5, 5.41) is 2.74. The number of nitrogens with one attached hydrogen (secondary N) is 1. The van der Waals surface area contributed by atoms with Gasteiger partial charge in [-0.1, -0.05) is 18.3 Å². The highest BCUT2D eigenvalue weighted by atomic mass is 32.1. The van der Waals surface area contributed by atoms with Crippen LogP contribution >= 0.6 is 12.2 Å². The Labute approximate surface area is 104 Å². The molecule has 0 aromatic heterocycles. The number of thiocarbonyl (C=S) groups is 1. The molecule has 0 heterocycles. The molecule has 17 heavy (non-hydrogen) atoms. The maximum absolute atomic E-state index is 13.4. The number of carbonyl (C=O) groups excluding carboxylic acids is 1. The quantitative estimate of drug-likeness (QED) is 0.616. The molecule has 6 heteroatoms. The molecule has 0 spiro atoms. The van der Waals surface area contributed by atoms with Gasteiger partial charge in [-0.2, -0.15) is 0 Å². The van der Waals surface area contributed by atoms with Crippen molar-refractivity contribution in [1.82, 2.24) is 0 Å². The van der Waals surface area contributed by atoms with Crippen LogP contribution in [0.3, 0.4) is 0 Å². The summed E-state index contributed by atoms with van der Waals surface area (Å²) < 4.78 is 18.2. The number of rotatable bonds is 5. The summed E-state index contributed by atoms with van der Waals surface area (Å²) in [7, 11) is 0. The van der Waals surface area contributed by atoms with Gasteiger partial charge in [0.05, 0.1) is 12.2 Å². The van der Waals surface area contributed by atoms with E-state index in [0.717, 1.165) is 0 Å². The van der Waals surface area contributed by atoms with Crippen molar-refractivity contribution in [3.63, 3.8) is 0 Å². The van der Waals surface area contributed by atoms with E-state index in [1.165, 1.54) is 12.1 Å². The predicted octanol–water partition coefficient (Wildman–Crippen LogP) is 1.43. The first kappa shape index (κ1) is 13.4. The molecule has 0 unspecified atom stereocenters. The molecule has 4 nitrogen and oxygen atoms in total. The second-order valence-electron chi connectivity index (χ2n) is 3.19. The molecule has 1 rings (SSSR count). The SMILES string of the molecule is CCOC(=O)CNc1cccc(F)c1C(N)=S. The number of carbonyl (C=O) groups is 1. The smallest absolute Gasteiger partial charge is 0.325 e. The molecular formula is C11H13FN2O2S. The highest BCUT2D eigenvalue weighted by Crippen LogP contribution is 2.18. The van der Waals surface area contributed by atoms with E-state index in [9.17, 15) is 9.18 Å². The van der Waals surface area contributed by atoms with Gasteiger partial charge in [-0.05, 0) is 19.1 Å². The van der Waals surface area contributed by atoms with Gasteiger partial charge in [-0.15, -0.1) is 0 Å². The first-order valence-corrected chi connectivity index (χ1v) is 5.45. The first-order chi connectivity index (χ1) is 8.06. The number of anilines is 1. The Hall–Kier alpha value is -1.69. The number of esters is 1. The van der Waals surface area contributed by atoms with Crippen LogP contribution in [-0.4, -0.2) is 24.1 Å². The largest absolute Gasteiger partial charge is 0.465 e. The van der Waals surface area contributed by atoms with Crippen molar-refractivity contribution >= 4 is 28.9 Å². The Balaban J connectivity index is 2.81. The minimum Gasteiger partial charge on any atom is -0.465 e. The summed E-state index contributed by atoms with van der Waals surface area (Å²) in [6.45, 7) is 1.94.